The van der Waals surface area contributed by atoms with E-state index in [2.05, 4.69) is 4.98 Å². The molecule has 0 saturated heterocycles. The van der Waals surface area contributed by atoms with Crippen molar-refractivity contribution in [1.82, 2.24) is 9.88 Å². The quantitative estimate of drug-likeness (QED) is 0.896. The number of para-hydroxylation sites is 1. The summed E-state index contributed by atoms with van der Waals surface area (Å²) in [5.41, 5.74) is 1.53. The summed E-state index contributed by atoms with van der Waals surface area (Å²) in [6.07, 6.45) is 1.70. The van der Waals surface area contributed by atoms with Gasteiger partial charge in [-0.15, -0.1) is 0 Å². The third-order valence-corrected chi connectivity index (χ3v) is 3.37. The molecule has 100 valence electrons. The van der Waals surface area contributed by atoms with Crippen LogP contribution in [0.1, 0.15) is 25.5 Å². The Bertz CT molecular complexity index is 574. The molecular formula is C15H18N2O2. The summed E-state index contributed by atoms with van der Waals surface area (Å²) < 4.78 is 0. The standard InChI is InChI=1S/C15H18N2O2/c1-3-17(4-2)14(15(18)19)12-9-5-7-11-8-6-10-16-13(11)12/h5-10,14H,3-4H2,1-2H3,(H,18,19). The van der Waals surface area contributed by atoms with Gasteiger partial charge in [-0.1, -0.05) is 38.1 Å². The molecular weight excluding hydrogens is 240 g/mol. The van der Waals surface area contributed by atoms with Crippen molar-refractivity contribution in [3.05, 3.63) is 42.1 Å². The van der Waals surface area contributed by atoms with Crippen molar-refractivity contribution >= 4 is 16.9 Å². The lowest BCUT2D eigenvalue weighted by molar-refractivity contribution is -0.143. The topological polar surface area (TPSA) is 53.4 Å². The highest BCUT2D eigenvalue weighted by molar-refractivity contribution is 5.87. The van der Waals surface area contributed by atoms with Crippen molar-refractivity contribution in [1.29, 1.82) is 0 Å². The molecule has 0 aliphatic rings. The van der Waals surface area contributed by atoms with Crippen LogP contribution in [-0.2, 0) is 4.79 Å². The van der Waals surface area contributed by atoms with Gasteiger partial charge in [0.05, 0.1) is 5.52 Å². The van der Waals surface area contributed by atoms with E-state index in [9.17, 15) is 9.90 Å². The Morgan fingerprint density at radius 3 is 2.58 bits per heavy atom. The molecule has 2 rings (SSSR count). The first-order valence-electron chi connectivity index (χ1n) is 6.49. The molecule has 2 aromatic rings. The van der Waals surface area contributed by atoms with Crippen LogP contribution in [0, 0.1) is 0 Å². The van der Waals surface area contributed by atoms with E-state index >= 15 is 0 Å². The first-order chi connectivity index (χ1) is 9.19. The molecule has 1 unspecified atom stereocenters. The van der Waals surface area contributed by atoms with Crippen LogP contribution in [0.2, 0.25) is 0 Å². The first kappa shape index (κ1) is 13.5. The van der Waals surface area contributed by atoms with E-state index in [1.54, 1.807) is 6.20 Å². The largest absolute Gasteiger partial charge is 0.480 e. The molecule has 0 aliphatic carbocycles. The second-order valence-electron chi connectivity index (χ2n) is 4.38. The lowest BCUT2D eigenvalue weighted by Crippen LogP contribution is -2.34. The third-order valence-electron chi connectivity index (χ3n) is 3.37. The van der Waals surface area contributed by atoms with E-state index in [1.807, 2.05) is 49.1 Å². The number of aromatic nitrogens is 1. The number of likely N-dealkylation sites (N-methyl/N-ethyl adjacent to an activating group) is 1. The molecule has 0 bridgehead atoms. The average Bonchev–Trinajstić information content (AvgIpc) is 2.44. The number of hydrogen-bond acceptors (Lipinski definition) is 3. The molecule has 4 heteroatoms. The number of hydrogen-bond donors (Lipinski definition) is 1. The van der Waals surface area contributed by atoms with Gasteiger partial charge in [-0.3, -0.25) is 14.7 Å². The highest BCUT2D eigenvalue weighted by atomic mass is 16.4. The molecule has 0 saturated carbocycles. The summed E-state index contributed by atoms with van der Waals surface area (Å²) in [4.78, 5) is 17.9. The van der Waals surface area contributed by atoms with Gasteiger partial charge in [0.1, 0.15) is 6.04 Å². The van der Waals surface area contributed by atoms with E-state index in [0.717, 1.165) is 16.5 Å². The van der Waals surface area contributed by atoms with Gasteiger partial charge in [-0.05, 0) is 19.2 Å². The zero-order valence-corrected chi connectivity index (χ0v) is 11.2. The molecule has 1 N–H and O–H groups in total. The van der Waals surface area contributed by atoms with Gasteiger partial charge in [0, 0.05) is 17.1 Å². The Labute approximate surface area is 112 Å². The van der Waals surface area contributed by atoms with E-state index < -0.39 is 12.0 Å². The zero-order valence-electron chi connectivity index (χ0n) is 11.2. The van der Waals surface area contributed by atoms with Crippen LogP contribution < -0.4 is 0 Å². The molecule has 1 aromatic heterocycles. The van der Waals surface area contributed by atoms with E-state index in [0.29, 0.717) is 13.1 Å². The monoisotopic (exact) mass is 258 g/mol. The minimum Gasteiger partial charge on any atom is -0.480 e. The number of pyridine rings is 1. The normalized spacial score (nSPS) is 12.8. The van der Waals surface area contributed by atoms with Crippen LogP contribution in [0.4, 0.5) is 0 Å². The van der Waals surface area contributed by atoms with Gasteiger partial charge in [-0.25, -0.2) is 0 Å². The fourth-order valence-electron chi connectivity index (χ4n) is 2.42. The summed E-state index contributed by atoms with van der Waals surface area (Å²) in [5, 5.41) is 10.5. The van der Waals surface area contributed by atoms with E-state index in [-0.39, 0.29) is 0 Å². The van der Waals surface area contributed by atoms with Crippen LogP contribution in [0.15, 0.2) is 36.5 Å². The van der Waals surface area contributed by atoms with Gasteiger partial charge in [0.15, 0.2) is 0 Å². The number of aliphatic carboxylic acids is 1. The summed E-state index contributed by atoms with van der Waals surface area (Å²) in [7, 11) is 0. The highest BCUT2D eigenvalue weighted by Crippen LogP contribution is 2.27. The minimum atomic E-state index is -0.832. The maximum atomic E-state index is 11.6. The first-order valence-corrected chi connectivity index (χ1v) is 6.49. The predicted molar refractivity (Wildman–Crippen MR) is 75.0 cm³/mol. The highest BCUT2D eigenvalue weighted by Gasteiger charge is 2.27. The Morgan fingerprint density at radius 2 is 1.95 bits per heavy atom. The maximum absolute atomic E-state index is 11.6. The smallest absolute Gasteiger partial charge is 0.325 e. The van der Waals surface area contributed by atoms with Crippen molar-refractivity contribution in [2.24, 2.45) is 0 Å². The molecule has 0 radical (unpaired) electrons. The van der Waals surface area contributed by atoms with E-state index in [4.69, 9.17) is 0 Å². The van der Waals surface area contributed by atoms with Crippen molar-refractivity contribution < 1.29 is 9.90 Å². The third kappa shape index (κ3) is 2.58. The summed E-state index contributed by atoms with van der Waals surface area (Å²) in [5.74, 6) is -0.832. The molecule has 0 amide bonds. The second-order valence-corrected chi connectivity index (χ2v) is 4.38. The number of carboxylic acids is 1. The SMILES string of the molecule is CCN(CC)C(C(=O)O)c1cccc2cccnc12. The fourth-order valence-corrected chi connectivity index (χ4v) is 2.42. The van der Waals surface area contributed by atoms with Crippen molar-refractivity contribution in [2.75, 3.05) is 13.1 Å². The van der Waals surface area contributed by atoms with Gasteiger partial charge < -0.3 is 5.11 Å². The van der Waals surface area contributed by atoms with Gasteiger partial charge in [0.2, 0.25) is 0 Å². The molecule has 1 heterocycles. The fraction of sp³-hybridized carbons (Fsp3) is 0.333. The zero-order chi connectivity index (χ0) is 13.8. The summed E-state index contributed by atoms with van der Waals surface area (Å²) in [6.45, 7) is 5.32. The van der Waals surface area contributed by atoms with Crippen molar-refractivity contribution in [2.45, 2.75) is 19.9 Å². The Hall–Kier alpha value is -1.94. The van der Waals surface area contributed by atoms with Gasteiger partial charge in [-0.2, -0.15) is 0 Å². The minimum absolute atomic E-state index is 0.645. The Kier molecular flexibility index (Phi) is 4.12. The Morgan fingerprint density at radius 1 is 1.26 bits per heavy atom. The van der Waals surface area contributed by atoms with Crippen LogP contribution in [0.25, 0.3) is 10.9 Å². The van der Waals surface area contributed by atoms with Crippen LogP contribution >= 0.6 is 0 Å². The predicted octanol–water partition coefficient (Wildman–Crippen LogP) is 2.70. The lowest BCUT2D eigenvalue weighted by Gasteiger charge is -2.27. The van der Waals surface area contributed by atoms with Gasteiger partial charge >= 0.3 is 5.97 Å². The number of benzene rings is 1. The van der Waals surface area contributed by atoms with E-state index in [1.165, 1.54) is 0 Å². The molecule has 0 fully saturated rings. The summed E-state index contributed by atoms with van der Waals surface area (Å²) >= 11 is 0. The number of carbonyl (C=O) groups is 1. The van der Waals surface area contributed by atoms with Crippen LogP contribution in [0.3, 0.4) is 0 Å². The molecule has 1 aromatic carbocycles. The van der Waals surface area contributed by atoms with Crippen molar-refractivity contribution in [3.8, 4) is 0 Å². The molecule has 4 nitrogen and oxygen atoms in total. The average molecular weight is 258 g/mol. The number of rotatable bonds is 5. The van der Waals surface area contributed by atoms with Gasteiger partial charge in [0.25, 0.3) is 0 Å². The number of fused-ring (bicyclic) bond motifs is 1. The Balaban J connectivity index is 2.59. The molecule has 1 atom stereocenters. The number of carboxylic acid groups (broad SMARTS) is 1. The summed E-state index contributed by atoms with van der Waals surface area (Å²) in [6, 6.07) is 8.86. The number of nitrogens with zero attached hydrogens (tertiary/aromatic N) is 2. The molecule has 0 spiro atoms. The molecule has 0 aliphatic heterocycles. The maximum Gasteiger partial charge on any atom is 0.325 e. The lowest BCUT2D eigenvalue weighted by atomic mass is 10.0. The van der Waals surface area contributed by atoms with Crippen LogP contribution in [-0.4, -0.2) is 34.0 Å². The molecule has 19 heavy (non-hydrogen) atoms. The van der Waals surface area contributed by atoms with Crippen molar-refractivity contribution in [3.63, 3.8) is 0 Å². The van der Waals surface area contributed by atoms with Crippen LogP contribution in [0.5, 0.6) is 0 Å². The second kappa shape index (κ2) is 5.80.